The number of thiophene rings is 1. The van der Waals surface area contributed by atoms with Crippen LogP contribution < -0.4 is 5.32 Å². The molecule has 1 aromatic rings. The van der Waals surface area contributed by atoms with Crippen molar-refractivity contribution in [3.05, 3.63) is 16.3 Å². The molecule has 0 spiro atoms. The van der Waals surface area contributed by atoms with E-state index in [1.807, 2.05) is 19.2 Å². The van der Waals surface area contributed by atoms with Gasteiger partial charge < -0.3 is 5.32 Å². The van der Waals surface area contributed by atoms with Gasteiger partial charge in [-0.3, -0.25) is 0 Å². The number of rotatable bonds is 6. The molecule has 21 heavy (non-hydrogen) atoms. The fourth-order valence-electron chi connectivity index (χ4n) is 3.05. The molecule has 0 amide bonds. The molecule has 1 N–H and O–H groups in total. The van der Waals surface area contributed by atoms with E-state index in [1.165, 1.54) is 11.3 Å². The average molecular weight is 331 g/mol. The highest BCUT2D eigenvalue weighted by Gasteiger charge is 2.36. The number of hydrogen-bond donors (Lipinski definition) is 1. The van der Waals surface area contributed by atoms with E-state index in [-0.39, 0.29) is 12.1 Å². The van der Waals surface area contributed by atoms with Crippen LogP contribution >= 0.6 is 11.3 Å². The zero-order chi connectivity index (χ0) is 15.5. The predicted molar refractivity (Wildman–Crippen MR) is 88.1 cm³/mol. The molecule has 1 aliphatic rings. The van der Waals surface area contributed by atoms with Gasteiger partial charge in [-0.1, -0.05) is 13.3 Å². The minimum Gasteiger partial charge on any atom is -0.312 e. The van der Waals surface area contributed by atoms with Crippen LogP contribution in [0, 0.1) is 0 Å². The molecule has 0 aliphatic carbocycles. The maximum absolute atomic E-state index is 13.0. The van der Waals surface area contributed by atoms with Crippen molar-refractivity contribution >= 4 is 21.4 Å². The maximum Gasteiger partial charge on any atom is 0.244 e. The smallest absolute Gasteiger partial charge is 0.244 e. The third kappa shape index (κ3) is 3.67. The second kappa shape index (κ2) is 7.22. The SMILES string of the molecule is CCCNCc1sccc1S(=O)(=O)N1C(C)CCCC1C. The lowest BCUT2D eigenvalue weighted by atomic mass is 10.0. The second-order valence-electron chi connectivity index (χ2n) is 5.85. The van der Waals surface area contributed by atoms with Crippen molar-refractivity contribution < 1.29 is 8.42 Å². The summed E-state index contributed by atoms with van der Waals surface area (Å²) in [5, 5.41) is 5.19. The van der Waals surface area contributed by atoms with Crippen LogP contribution in [0.4, 0.5) is 0 Å². The molecule has 1 fully saturated rings. The summed E-state index contributed by atoms with van der Waals surface area (Å²) in [6, 6.07) is 1.95. The third-order valence-corrected chi connectivity index (χ3v) is 7.35. The van der Waals surface area contributed by atoms with E-state index < -0.39 is 10.0 Å². The summed E-state index contributed by atoms with van der Waals surface area (Å²) in [6.45, 7) is 7.70. The van der Waals surface area contributed by atoms with Gasteiger partial charge in [-0.05, 0) is 51.1 Å². The van der Waals surface area contributed by atoms with E-state index in [0.29, 0.717) is 11.4 Å². The van der Waals surface area contributed by atoms with Gasteiger partial charge in [0.05, 0.1) is 4.90 Å². The van der Waals surface area contributed by atoms with E-state index >= 15 is 0 Å². The van der Waals surface area contributed by atoms with Crippen molar-refractivity contribution in [3.63, 3.8) is 0 Å². The number of sulfonamides is 1. The highest BCUT2D eigenvalue weighted by molar-refractivity contribution is 7.89. The Balaban J connectivity index is 2.25. The van der Waals surface area contributed by atoms with E-state index in [2.05, 4.69) is 12.2 Å². The summed E-state index contributed by atoms with van der Waals surface area (Å²) < 4.78 is 27.8. The molecule has 1 aromatic heterocycles. The van der Waals surface area contributed by atoms with Crippen molar-refractivity contribution in [2.75, 3.05) is 6.54 Å². The summed E-state index contributed by atoms with van der Waals surface area (Å²) in [6.07, 6.45) is 4.07. The Bertz CT molecular complexity index is 544. The van der Waals surface area contributed by atoms with Gasteiger partial charge in [-0.2, -0.15) is 4.31 Å². The summed E-state index contributed by atoms with van der Waals surface area (Å²) in [7, 11) is -3.38. The van der Waals surface area contributed by atoms with Gasteiger partial charge in [0.15, 0.2) is 0 Å². The monoisotopic (exact) mass is 330 g/mol. The molecule has 0 saturated carbocycles. The summed E-state index contributed by atoms with van der Waals surface area (Å²) in [5.74, 6) is 0. The number of piperidine rings is 1. The van der Waals surface area contributed by atoms with Gasteiger partial charge in [0, 0.05) is 23.5 Å². The van der Waals surface area contributed by atoms with Crippen LogP contribution in [0.2, 0.25) is 0 Å². The van der Waals surface area contributed by atoms with E-state index in [0.717, 1.165) is 37.1 Å². The minimum atomic E-state index is -3.38. The lowest BCUT2D eigenvalue weighted by Gasteiger charge is -2.37. The van der Waals surface area contributed by atoms with Crippen LogP contribution in [-0.2, 0) is 16.6 Å². The molecule has 1 saturated heterocycles. The lowest BCUT2D eigenvalue weighted by molar-refractivity contribution is 0.204. The molecule has 0 radical (unpaired) electrons. The van der Waals surface area contributed by atoms with Gasteiger partial charge >= 0.3 is 0 Å². The molecule has 1 aliphatic heterocycles. The zero-order valence-electron chi connectivity index (χ0n) is 13.1. The Morgan fingerprint density at radius 3 is 2.62 bits per heavy atom. The molecule has 0 aromatic carbocycles. The van der Waals surface area contributed by atoms with Crippen LogP contribution in [0.3, 0.4) is 0 Å². The average Bonchev–Trinajstić information content (AvgIpc) is 2.88. The summed E-state index contributed by atoms with van der Waals surface area (Å²) in [4.78, 5) is 1.42. The first-order chi connectivity index (χ1) is 9.98. The molecular weight excluding hydrogens is 304 g/mol. The summed E-state index contributed by atoms with van der Waals surface area (Å²) in [5.41, 5.74) is 0. The molecular formula is C15H26N2O2S2. The van der Waals surface area contributed by atoms with Gasteiger partial charge in [0.25, 0.3) is 0 Å². The van der Waals surface area contributed by atoms with E-state index in [9.17, 15) is 8.42 Å². The minimum absolute atomic E-state index is 0.0927. The fourth-order valence-corrected chi connectivity index (χ4v) is 6.32. The van der Waals surface area contributed by atoms with Gasteiger partial charge in [0.2, 0.25) is 10.0 Å². The van der Waals surface area contributed by atoms with Crippen molar-refractivity contribution in [3.8, 4) is 0 Å². The molecule has 2 atom stereocenters. The highest BCUT2D eigenvalue weighted by atomic mass is 32.2. The first-order valence-electron chi connectivity index (χ1n) is 7.79. The quantitative estimate of drug-likeness (QED) is 0.815. The third-order valence-electron chi connectivity index (χ3n) is 4.08. The zero-order valence-corrected chi connectivity index (χ0v) is 14.8. The standard InChI is InChI=1S/C15H26N2O2S2/c1-4-9-16-11-14-15(8-10-20-14)21(18,19)17-12(2)6-5-7-13(17)3/h8,10,12-13,16H,4-7,9,11H2,1-3H3. The van der Waals surface area contributed by atoms with Crippen molar-refractivity contribution in [2.24, 2.45) is 0 Å². The molecule has 120 valence electrons. The molecule has 6 heteroatoms. The Labute approximate surface area is 132 Å². The highest BCUT2D eigenvalue weighted by Crippen LogP contribution is 2.32. The maximum atomic E-state index is 13.0. The Morgan fingerprint density at radius 2 is 2.00 bits per heavy atom. The van der Waals surface area contributed by atoms with Gasteiger partial charge in [-0.25, -0.2) is 8.42 Å². The molecule has 4 nitrogen and oxygen atoms in total. The lowest BCUT2D eigenvalue weighted by Crippen LogP contribution is -2.47. The Morgan fingerprint density at radius 1 is 1.33 bits per heavy atom. The van der Waals surface area contributed by atoms with E-state index in [4.69, 9.17) is 0 Å². The van der Waals surface area contributed by atoms with Crippen LogP contribution in [0.25, 0.3) is 0 Å². The number of nitrogens with one attached hydrogen (secondary N) is 1. The van der Waals surface area contributed by atoms with E-state index in [1.54, 1.807) is 10.4 Å². The first kappa shape index (κ1) is 16.9. The molecule has 2 unspecified atom stereocenters. The van der Waals surface area contributed by atoms with Crippen molar-refractivity contribution in [1.82, 2.24) is 9.62 Å². The number of hydrogen-bond acceptors (Lipinski definition) is 4. The normalized spacial score (nSPS) is 24.3. The molecule has 0 bridgehead atoms. The Kier molecular flexibility index (Phi) is 5.82. The van der Waals surface area contributed by atoms with Crippen LogP contribution in [0.5, 0.6) is 0 Å². The fraction of sp³-hybridized carbons (Fsp3) is 0.733. The largest absolute Gasteiger partial charge is 0.312 e. The van der Waals surface area contributed by atoms with Crippen LogP contribution in [-0.4, -0.2) is 31.4 Å². The topological polar surface area (TPSA) is 49.4 Å². The van der Waals surface area contributed by atoms with Gasteiger partial charge in [-0.15, -0.1) is 11.3 Å². The predicted octanol–water partition coefficient (Wildman–Crippen LogP) is 3.20. The van der Waals surface area contributed by atoms with Crippen LogP contribution in [0.15, 0.2) is 16.3 Å². The van der Waals surface area contributed by atoms with Crippen molar-refractivity contribution in [1.29, 1.82) is 0 Å². The second-order valence-corrected chi connectivity index (χ2v) is 8.66. The van der Waals surface area contributed by atoms with Crippen LogP contribution in [0.1, 0.15) is 51.3 Å². The van der Waals surface area contributed by atoms with Gasteiger partial charge in [0.1, 0.15) is 0 Å². The Hall–Kier alpha value is -0.430. The first-order valence-corrected chi connectivity index (χ1v) is 10.1. The molecule has 2 heterocycles. The summed E-state index contributed by atoms with van der Waals surface area (Å²) >= 11 is 1.52. The number of nitrogens with zero attached hydrogens (tertiary/aromatic N) is 1. The van der Waals surface area contributed by atoms with Crippen molar-refractivity contribution in [2.45, 2.75) is 70.0 Å². The molecule has 2 rings (SSSR count).